The number of carbonyl (C=O) groups excluding carboxylic acids is 1. The summed E-state index contributed by atoms with van der Waals surface area (Å²) in [6.07, 6.45) is 3.14. The zero-order chi connectivity index (χ0) is 21.6. The lowest BCUT2D eigenvalue weighted by Gasteiger charge is -2.14. The highest BCUT2D eigenvalue weighted by atomic mass is 35.5. The number of hydrogen-bond donors (Lipinski definition) is 1. The fraction of sp³-hybridized carbons (Fsp3) is 0.429. The molecule has 0 bridgehead atoms. The second kappa shape index (κ2) is 10.2. The van der Waals surface area contributed by atoms with E-state index in [9.17, 15) is 4.79 Å². The summed E-state index contributed by atoms with van der Waals surface area (Å²) < 4.78 is 17.7. The number of nitrogens with zero attached hydrogens (tertiary/aromatic N) is 2. The van der Waals surface area contributed by atoms with Crippen LogP contribution in [0.5, 0.6) is 17.2 Å². The number of methoxy groups -OCH3 is 3. The number of nitrogens with one attached hydrogen (secondary N) is 1. The quantitative estimate of drug-likeness (QED) is 0.622. The Balaban J connectivity index is 2.08. The van der Waals surface area contributed by atoms with E-state index in [1.807, 2.05) is 6.92 Å². The first-order valence-corrected chi connectivity index (χ1v) is 9.66. The van der Waals surface area contributed by atoms with Crippen LogP contribution in [0.15, 0.2) is 18.2 Å². The number of aromatic nitrogens is 2. The van der Waals surface area contributed by atoms with Gasteiger partial charge in [0, 0.05) is 24.7 Å². The van der Waals surface area contributed by atoms with Gasteiger partial charge < -0.3 is 19.5 Å². The number of ether oxygens (including phenoxy) is 3. The van der Waals surface area contributed by atoms with Gasteiger partial charge in [-0.05, 0) is 36.6 Å². The van der Waals surface area contributed by atoms with Crippen LogP contribution in [0.25, 0.3) is 6.08 Å². The molecular weight excluding hydrogens is 394 g/mol. The molecule has 0 aliphatic rings. The largest absolute Gasteiger partial charge is 0.493 e. The molecule has 1 amide bonds. The van der Waals surface area contributed by atoms with Crippen molar-refractivity contribution in [1.82, 2.24) is 15.1 Å². The van der Waals surface area contributed by atoms with E-state index in [-0.39, 0.29) is 5.91 Å². The molecule has 0 unspecified atom stereocenters. The highest BCUT2D eigenvalue weighted by molar-refractivity contribution is 6.31. The highest BCUT2D eigenvalue weighted by Gasteiger charge is 2.14. The second-order valence-corrected chi connectivity index (χ2v) is 7.31. The molecule has 0 fully saturated rings. The van der Waals surface area contributed by atoms with Gasteiger partial charge in [0.1, 0.15) is 5.15 Å². The van der Waals surface area contributed by atoms with E-state index in [0.717, 1.165) is 23.4 Å². The molecule has 1 aromatic carbocycles. The number of halogens is 1. The van der Waals surface area contributed by atoms with Crippen molar-refractivity contribution in [3.05, 3.63) is 40.2 Å². The first-order valence-electron chi connectivity index (χ1n) is 9.28. The summed E-state index contributed by atoms with van der Waals surface area (Å²) in [7, 11) is 4.64. The lowest BCUT2D eigenvalue weighted by Crippen LogP contribution is -2.20. The summed E-state index contributed by atoms with van der Waals surface area (Å²) >= 11 is 6.40. The number of carbonyl (C=O) groups is 1. The molecule has 0 saturated carbocycles. The Hall–Kier alpha value is -2.67. The monoisotopic (exact) mass is 421 g/mol. The number of rotatable bonds is 9. The van der Waals surface area contributed by atoms with E-state index in [2.05, 4.69) is 24.3 Å². The van der Waals surface area contributed by atoms with E-state index < -0.39 is 0 Å². The minimum atomic E-state index is -0.245. The van der Waals surface area contributed by atoms with Crippen LogP contribution in [-0.4, -0.2) is 37.0 Å². The van der Waals surface area contributed by atoms with E-state index >= 15 is 0 Å². The maximum Gasteiger partial charge on any atom is 0.244 e. The molecule has 0 aliphatic heterocycles. The Labute approximate surface area is 176 Å². The van der Waals surface area contributed by atoms with Crippen molar-refractivity contribution in [2.75, 3.05) is 21.3 Å². The molecule has 158 valence electrons. The molecule has 0 saturated heterocycles. The summed E-state index contributed by atoms with van der Waals surface area (Å²) in [5.74, 6) is 1.75. The van der Waals surface area contributed by atoms with Gasteiger partial charge in [0.25, 0.3) is 0 Å². The van der Waals surface area contributed by atoms with Crippen LogP contribution >= 0.6 is 11.6 Å². The van der Waals surface area contributed by atoms with E-state index in [0.29, 0.717) is 34.9 Å². The minimum absolute atomic E-state index is 0.245. The predicted molar refractivity (Wildman–Crippen MR) is 114 cm³/mol. The molecule has 0 atom stereocenters. The molecular formula is C21H28ClN3O4. The number of benzene rings is 1. The topological polar surface area (TPSA) is 74.6 Å². The average molecular weight is 422 g/mol. The molecule has 8 heteroatoms. The van der Waals surface area contributed by atoms with Crippen molar-refractivity contribution in [3.63, 3.8) is 0 Å². The molecule has 2 aromatic rings. The Morgan fingerprint density at radius 1 is 1.21 bits per heavy atom. The van der Waals surface area contributed by atoms with Crippen LogP contribution < -0.4 is 19.5 Å². The van der Waals surface area contributed by atoms with Gasteiger partial charge in [-0.15, -0.1) is 0 Å². The Kier molecular flexibility index (Phi) is 7.96. The van der Waals surface area contributed by atoms with E-state index in [1.54, 1.807) is 44.2 Å². The molecule has 0 radical (unpaired) electrons. The average Bonchev–Trinajstić information content (AvgIpc) is 2.95. The third-order valence-electron chi connectivity index (χ3n) is 4.24. The highest BCUT2D eigenvalue weighted by Crippen LogP contribution is 2.38. The lowest BCUT2D eigenvalue weighted by molar-refractivity contribution is -0.116. The van der Waals surface area contributed by atoms with Crippen molar-refractivity contribution >= 4 is 23.6 Å². The zero-order valence-corrected chi connectivity index (χ0v) is 18.5. The number of aryl methyl sites for hydroxylation is 1. The summed E-state index contributed by atoms with van der Waals surface area (Å²) in [4.78, 5) is 12.3. The Morgan fingerprint density at radius 3 is 2.34 bits per heavy atom. The Bertz CT molecular complexity index is 865. The van der Waals surface area contributed by atoms with Crippen LogP contribution in [-0.2, 0) is 17.9 Å². The fourth-order valence-electron chi connectivity index (χ4n) is 2.87. The van der Waals surface area contributed by atoms with Gasteiger partial charge >= 0.3 is 0 Å². The smallest absolute Gasteiger partial charge is 0.244 e. The SMILES string of the molecule is COc1cc(CNC(=O)/C=C/c2c(C)nn(CC(C)C)c2Cl)cc(OC)c1OC. The fourth-order valence-corrected chi connectivity index (χ4v) is 3.17. The van der Waals surface area contributed by atoms with E-state index in [4.69, 9.17) is 25.8 Å². The molecule has 2 rings (SSSR count). The van der Waals surface area contributed by atoms with Gasteiger partial charge in [0.15, 0.2) is 11.5 Å². The molecule has 1 heterocycles. The maximum atomic E-state index is 12.3. The third kappa shape index (κ3) is 5.67. The van der Waals surface area contributed by atoms with Crippen LogP contribution in [0.4, 0.5) is 0 Å². The van der Waals surface area contributed by atoms with Gasteiger partial charge in [-0.1, -0.05) is 25.4 Å². The van der Waals surface area contributed by atoms with Crippen molar-refractivity contribution in [3.8, 4) is 17.2 Å². The maximum absolute atomic E-state index is 12.3. The minimum Gasteiger partial charge on any atom is -0.493 e. The summed E-state index contributed by atoms with van der Waals surface area (Å²) in [6.45, 7) is 7.09. The predicted octanol–water partition coefficient (Wildman–Crippen LogP) is 3.86. The Morgan fingerprint density at radius 2 is 1.83 bits per heavy atom. The van der Waals surface area contributed by atoms with Gasteiger partial charge in [0.2, 0.25) is 11.7 Å². The summed E-state index contributed by atoms with van der Waals surface area (Å²) in [6, 6.07) is 3.59. The lowest BCUT2D eigenvalue weighted by atomic mass is 10.1. The van der Waals surface area contributed by atoms with Crippen LogP contribution in [0.3, 0.4) is 0 Å². The number of hydrogen-bond acceptors (Lipinski definition) is 5. The number of amides is 1. The summed E-state index contributed by atoms with van der Waals surface area (Å²) in [5, 5.41) is 7.81. The molecule has 0 spiro atoms. The molecule has 1 N–H and O–H groups in total. The van der Waals surface area contributed by atoms with Crippen molar-refractivity contribution in [1.29, 1.82) is 0 Å². The third-order valence-corrected chi connectivity index (χ3v) is 4.64. The van der Waals surface area contributed by atoms with Crippen LogP contribution in [0, 0.1) is 12.8 Å². The molecule has 7 nitrogen and oxygen atoms in total. The first-order chi connectivity index (χ1) is 13.8. The van der Waals surface area contributed by atoms with Crippen molar-refractivity contribution < 1.29 is 19.0 Å². The van der Waals surface area contributed by atoms with Gasteiger partial charge in [-0.3, -0.25) is 9.48 Å². The molecule has 29 heavy (non-hydrogen) atoms. The zero-order valence-electron chi connectivity index (χ0n) is 17.7. The molecule has 0 aliphatic carbocycles. The summed E-state index contributed by atoms with van der Waals surface area (Å²) in [5.41, 5.74) is 2.35. The van der Waals surface area contributed by atoms with Crippen molar-refractivity contribution in [2.24, 2.45) is 5.92 Å². The van der Waals surface area contributed by atoms with Gasteiger partial charge in [-0.25, -0.2) is 0 Å². The normalized spacial score (nSPS) is 11.2. The molecule has 1 aromatic heterocycles. The van der Waals surface area contributed by atoms with Gasteiger partial charge in [-0.2, -0.15) is 5.10 Å². The first kappa shape index (κ1) is 22.6. The van der Waals surface area contributed by atoms with E-state index in [1.165, 1.54) is 6.08 Å². The van der Waals surface area contributed by atoms with Crippen LogP contribution in [0.2, 0.25) is 5.15 Å². The second-order valence-electron chi connectivity index (χ2n) is 6.95. The van der Waals surface area contributed by atoms with Crippen molar-refractivity contribution in [2.45, 2.75) is 33.9 Å². The van der Waals surface area contributed by atoms with Crippen LogP contribution in [0.1, 0.15) is 30.7 Å². The standard InChI is InChI=1S/C21H28ClN3O4/c1-13(2)12-25-21(22)16(14(3)24-25)7-8-19(26)23-11-15-9-17(27-4)20(29-6)18(10-15)28-5/h7-10,13H,11-12H2,1-6H3,(H,23,26)/b8-7+. The van der Waals surface area contributed by atoms with Gasteiger partial charge in [0.05, 0.1) is 27.0 Å².